The van der Waals surface area contributed by atoms with Gasteiger partial charge in [-0.3, -0.25) is 0 Å². The number of ether oxygens (including phenoxy) is 1. The number of nitrogens with zero attached hydrogens (tertiary/aromatic N) is 2. The van der Waals surface area contributed by atoms with Crippen LogP contribution >= 0.6 is 11.8 Å². The highest BCUT2D eigenvalue weighted by molar-refractivity contribution is 8.13. The van der Waals surface area contributed by atoms with E-state index in [1.807, 2.05) is 20.8 Å². The minimum atomic E-state index is -6.00. The van der Waals surface area contributed by atoms with Crippen molar-refractivity contribution in [2.45, 2.75) is 31.3 Å². The molecular weight excluding hydrogens is 311 g/mol. The van der Waals surface area contributed by atoms with Gasteiger partial charge < -0.3 is 22.0 Å². The molecule has 1 aromatic rings. The van der Waals surface area contributed by atoms with Crippen molar-refractivity contribution in [3.05, 3.63) is 29.2 Å². The highest BCUT2D eigenvalue weighted by Gasteiger charge is 2.20. The monoisotopic (exact) mass is 324 g/mol. The number of benzene rings is 1. The summed E-state index contributed by atoms with van der Waals surface area (Å²) in [6.07, 6.45) is 0. The van der Waals surface area contributed by atoms with Gasteiger partial charge >= 0.3 is 18.2 Å². The Kier molecular flexibility index (Phi) is 7.22. The molecule has 0 spiro atoms. The molecule has 0 heterocycles. The normalized spacial score (nSPS) is 11.0. The third kappa shape index (κ3) is 13.0. The van der Waals surface area contributed by atoms with Gasteiger partial charge in [-0.05, 0) is 44.7 Å². The molecular formula is C11H13BF4N2O2S. The SMILES string of the molecule is CC(C)(C)OC(=O)Sc1ccc([N+]#N)cc1.F[B-](F)(F)F. The summed E-state index contributed by atoms with van der Waals surface area (Å²) in [5, 5.41) is 8.14. The average Bonchev–Trinajstić information content (AvgIpc) is 2.25. The van der Waals surface area contributed by atoms with Crippen molar-refractivity contribution in [1.29, 1.82) is 5.39 Å². The first-order chi connectivity index (χ1) is 9.40. The first kappa shape index (κ1) is 19.2. The molecule has 0 saturated heterocycles. The van der Waals surface area contributed by atoms with E-state index in [1.54, 1.807) is 24.3 Å². The summed E-state index contributed by atoms with van der Waals surface area (Å²) in [6.45, 7) is 5.46. The maximum Gasteiger partial charge on any atom is 0.673 e. The molecule has 0 bridgehead atoms. The summed E-state index contributed by atoms with van der Waals surface area (Å²) in [5.41, 5.74) is -0.0293. The number of diazo groups is 1. The van der Waals surface area contributed by atoms with Crippen LogP contribution < -0.4 is 0 Å². The Bertz CT molecular complexity index is 503. The lowest BCUT2D eigenvalue weighted by Crippen LogP contribution is -2.21. The standard InChI is InChI=1S/C11H13N2O2S.BF4/c1-11(2,3)15-10(14)16-9-6-4-8(13-12)5-7-9;2-1(3,4)5/h4-7H,1-3H3;/q+1;-1. The second-order valence-corrected chi connectivity index (χ2v) is 5.66. The van der Waals surface area contributed by atoms with E-state index in [0.29, 0.717) is 5.69 Å². The molecule has 0 aromatic heterocycles. The van der Waals surface area contributed by atoms with Crippen LogP contribution in [0.1, 0.15) is 20.8 Å². The van der Waals surface area contributed by atoms with Crippen LogP contribution in [-0.2, 0) is 4.74 Å². The molecule has 0 atom stereocenters. The molecule has 1 rings (SSSR count). The smallest absolute Gasteiger partial charge is 0.452 e. The van der Waals surface area contributed by atoms with Gasteiger partial charge in [0.05, 0.1) is 0 Å². The van der Waals surface area contributed by atoms with Gasteiger partial charge in [0.2, 0.25) is 5.39 Å². The molecule has 0 aliphatic heterocycles. The minimum Gasteiger partial charge on any atom is -0.452 e. The molecule has 0 aliphatic rings. The second kappa shape index (κ2) is 7.88. The van der Waals surface area contributed by atoms with Gasteiger partial charge in [-0.1, -0.05) is 0 Å². The molecule has 4 nitrogen and oxygen atoms in total. The highest BCUT2D eigenvalue weighted by Crippen LogP contribution is 2.25. The lowest BCUT2D eigenvalue weighted by molar-refractivity contribution is 0.0738. The largest absolute Gasteiger partial charge is 0.673 e. The first-order valence-electron chi connectivity index (χ1n) is 5.64. The van der Waals surface area contributed by atoms with Crippen LogP contribution in [0.2, 0.25) is 0 Å². The van der Waals surface area contributed by atoms with Gasteiger partial charge in [0, 0.05) is 17.0 Å². The van der Waals surface area contributed by atoms with Gasteiger partial charge in [0.1, 0.15) is 5.60 Å². The number of rotatable bonds is 1. The van der Waals surface area contributed by atoms with E-state index >= 15 is 0 Å². The van der Waals surface area contributed by atoms with E-state index in [0.717, 1.165) is 16.7 Å². The fraction of sp³-hybridized carbons (Fsp3) is 0.364. The Morgan fingerprint density at radius 3 is 1.95 bits per heavy atom. The van der Waals surface area contributed by atoms with Crippen LogP contribution in [0.15, 0.2) is 29.2 Å². The minimum absolute atomic E-state index is 0.346. The van der Waals surface area contributed by atoms with Gasteiger partial charge in [-0.2, -0.15) is 0 Å². The van der Waals surface area contributed by atoms with E-state index in [1.165, 1.54) is 0 Å². The Balaban J connectivity index is 0.000000690. The zero-order valence-electron chi connectivity index (χ0n) is 11.5. The molecule has 0 unspecified atom stereocenters. The molecule has 0 radical (unpaired) electrons. The van der Waals surface area contributed by atoms with E-state index < -0.39 is 12.9 Å². The predicted molar refractivity (Wildman–Crippen MR) is 73.5 cm³/mol. The highest BCUT2D eigenvalue weighted by atomic mass is 32.2. The third-order valence-corrected chi connectivity index (χ3v) is 2.30. The molecule has 21 heavy (non-hydrogen) atoms. The predicted octanol–water partition coefficient (Wildman–Crippen LogP) is 5.50. The van der Waals surface area contributed by atoms with Gasteiger partial charge in [0.15, 0.2) is 4.98 Å². The number of hydrogen-bond acceptors (Lipinski definition) is 4. The van der Waals surface area contributed by atoms with Crippen LogP contribution in [0.5, 0.6) is 0 Å². The van der Waals surface area contributed by atoms with E-state index in [4.69, 9.17) is 10.1 Å². The lowest BCUT2D eigenvalue weighted by atomic mass is 10.2. The summed E-state index contributed by atoms with van der Waals surface area (Å²) in [6, 6.07) is 6.63. The van der Waals surface area contributed by atoms with Crippen LogP contribution in [0.25, 0.3) is 4.98 Å². The number of thioether (sulfide) groups is 1. The summed E-state index contributed by atoms with van der Waals surface area (Å²) in [5.74, 6) is 0. The maximum absolute atomic E-state index is 11.5. The summed E-state index contributed by atoms with van der Waals surface area (Å²) >= 11 is 1.01. The van der Waals surface area contributed by atoms with Gasteiger partial charge in [0.25, 0.3) is 0 Å². The Morgan fingerprint density at radius 1 is 1.19 bits per heavy atom. The van der Waals surface area contributed by atoms with Crippen LogP contribution in [0.4, 0.5) is 27.7 Å². The molecule has 1 aromatic carbocycles. The summed E-state index contributed by atoms with van der Waals surface area (Å²) < 4.78 is 44.1. The van der Waals surface area contributed by atoms with E-state index in [-0.39, 0.29) is 5.30 Å². The van der Waals surface area contributed by atoms with Crippen molar-refractivity contribution in [2.24, 2.45) is 0 Å². The zero-order valence-corrected chi connectivity index (χ0v) is 12.3. The van der Waals surface area contributed by atoms with Gasteiger partial charge in [-0.25, -0.2) is 4.79 Å². The van der Waals surface area contributed by atoms with Crippen molar-refractivity contribution in [3.8, 4) is 0 Å². The molecule has 0 amide bonds. The van der Waals surface area contributed by atoms with Crippen LogP contribution in [-0.4, -0.2) is 18.2 Å². The van der Waals surface area contributed by atoms with Crippen LogP contribution in [0, 0.1) is 5.39 Å². The Hall–Kier alpha value is -1.76. The third-order valence-electron chi connectivity index (χ3n) is 1.54. The van der Waals surface area contributed by atoms with Crippen molar-refractivity contribution in [3.63, 3.8) is 0 Å². The Labute approximate surface area is 123 Å². The van der Waals surface area contributed by atoms with E-state index in [2.05, 4.69) is 4.98 Å². The quantitative estimate of drug-likeness (QED) is 0.225. The summed E-state index contributed by atoms with van der Waals surface area (Å²) in [4.78, 5) is 15.2. The molecule has 0 fully saturated rings. The topological polar surface area (TPSA) is 54.5 Å². The van der Waals surface area contributed by atoms with Crippen LogP contribution in [0.3, 0.4) is 0 Å². The molecule has 0 saturated carbocycles. The first-order valence-corrected chi connectivity index (χ1v) is 6.45. The van der Waals surface area contributed by atoms with Crippen molar-refractivity contribution in [1.82, 2.24) is 0 Å². The number of carbonyl (C=O) groups is 1. The Morgan fingerprint density at radius 2 is 1.62 bits per heavy atom. The maximum atomic E-state index is 11.5. The fourth-order valence-electron chi connectivity index (χ4n) is 0.948. The van der Waals surface area contributed by atoms with Crippen molar-refractivity contribution < 1.29 is 26.8 Å². The molecule has 0 N–H and O–H groups in total. The van der Waals surface area contributed by atoms with Crippen molar-refractivity contribution in [2.75, 3.05) is 0 Å². The summed E-state index contributed by atoms with van der Waals surface area (Å²) in [7, 11) is -6.00. The number of hydrogen-bond donors (Lipinski definition) is 0. The second-order valence-electron chi connectivity index (χ2n) is 4.66. The molecule has 10 heteroatoms. The lowest BCUT2D eigenvalue weighted by Gasteiger charge is -2.18. The number of halogens is 4. The fourth-order valence-corrected chi connectivity index (χ4v) is 1.70. The average molecular weight is 324 g/mol. The van der Waals surface area contributed by atoms with Gasteiger partial charge in [-0.15, -0.1) is 0 Å². The van der Waals surface area contributed by atoms with Crippen molar-refractivity contribution >= 4 is 30.0 Å². The molecule has 0 aliphatic carbocycles. The molecule has 116 valence electrons. The zero-order chi connectivity index (χ0) is 16.7. The van der Waals surface area contributed by atoms with E-state index in [9.17, 15) is 22.1 Å². The number of carbonyl (C=O) groups excluding carboxylic acids is 1.